The van der Waals surface area contributed by atoms with Gasteiger partial charge in [-0.2, -0.15) is 0 Å². The Morgan fingerprint density at radius 2 is 1.92 bits per heavy atom. The molecule has 0 aliphatic heterocycles. The molecule has 2 N–H and O–H groups in total. The smallest absolute Gasteiger partial charge is 0.214 e. The molecular formula is C8H20N2O2S. The predicted molar refractivity (Wildman–Crippen MR) is 55.0 cm³/mol. The van der Waals surface area contributed by atoms with Crippen LogP contribution in [0.2, 0.25) is 0 Å². The van der Waals surface area contributed by atoms with E-state index in [0.29, 0.717) is 26.1 Å². The number of hydrogen-bond acceptors (Lipinski definition) is 3. The molecule has 0 aromatic heterocycles. The molecule has 0 saturated carbocycles. The molecule has 4 nitrogen and oxygen atoms in total. The van der Waals surface area contributed by atoms with E-state index in [9.17, 15) is 8.42 Å². The van der Waals surface area contributed by atoms with Crippen molar-refractivity contribution in [2.75, 3.05) is 25.4 Å². The van der Waals surface area contributed by atoms with Crippen LogP contribution in [0.25, 0.3) is 0 Å². The molecule has 0 aromatic carbocycles. The zero-order valence-corrected chi connectivity index (χ0v) is 9.31. The van der Waals surface area contributed by atoms with Gasteiger partial charge in [0.1, 0.15) is 0 Å². The van der Waals surface area contributed by atoms with Crippen LogP contribution >= 0.6 is 0 Å². The highest BCUT2D eigenvalue weighted by atomic mass is 32.2. The molecule has 0 atom stereocenters. The van der Waals surface area contributed by atoms with Crippen LogP contribution in [0.5, 0.6) is 0 Å². The highest BCUT2D eigenvalue weighted by Gasteiger charge is 2.18. The first kappa shape index (κ1) is 12.9. The lowest BCUT2D eigenvalue weighted by Gasteiger charge is -2.19. The first-order chi connectivity index (χ1) is 6.08. The summed E-state index contributed by atoms with van der Waals surface area (Å²) in [7, 11) is -3.04. The van der Waals surface area contributed by atoms with Gasteiger partial charge in [-0.05, 0) is 19.4 Å². The Bertz CT molecular complexity index is 214. The standard InChI is InChI=1S/C8H20N2O2S/c1-3-7-10(4-2)13(11,12)8-5-6-9/h3-9H2,1-2H3. The van der Waals surface area contributed by atoms with Crippen molar-refractivity contribution < 1.29 is 8.42 Å². The Morgan fingerprint density at radius 1 is 1.31 bits per heavy atom. The lowest BCUT2D eigenvalue weighted by atomic mass is 10.5. The van der Waals surface area contributed by atoms with Crippen molar-refractivity contribution in [1.29, 1.82) is 0 Å². The molecule has 0 rings (SSSR count). The van der Waals surface area contributed by atoms with E-state index in [-0.39, 0.29) is 5.75 Å². The minimum absolute atomic E-state index is 0.178. The van der Waals surface area contributed by atoms with E-state index in [0.717, 1.165) is 6.42 Å². The SMILES string of the molecule is CCCN(CC)S(=O)(=O)CCCN. The van der Waals surface area contributed by atoms with Crippen molar-refractivity contribution in [1.82, 2.24) is 4.31 Å². The van der Waals surface area contributed by atoms with E-state index in [1.54, 1.807) is 0 Å². The average Bonchev–Trinajstić information content (AvgIpc) is 2.10. The third kappa shape index (κ3) is 4.59. The molecule has 5 heteroatoms. The zero-order chi connectivity index (χ0) is 10.3. The molecule has 0 aliphatic carbocycles. The van der Waals surface area contributed by atoms with Crippen molar-refractivity contribution >= 4 is 10.0 Å². The number of sulfonamides is 1. The van der Waals surface area contributed by atoms with E-state index in [4.69, 9.17) is 5.73 Å². The lowest BCUT2D eigenvalue weighted by Crippen LogP contribution is -2.34. The summed E-state index contributed by atoms with van der Waals surface area (Å²) in [5.41, 5.74) is 5.27. The normalized spacial score (nSPS) is 12.3. The Hall–Kier alpha value is -0.130. The maximum Gasteiger partial charge on any atom is 0.214 e. The van der Waals surface area contributed by atoms with Gasteiger partial charge in [0.25, 0.3) is 0 Å². The van der Waals surface area contributed by atoms with Crippen molar-refractivity contribution in [3.63, 3.8) is 0 Å². The summed E-state index contributed by atoms with van der Waals surface area (Å²) in [6.45, 7) is 5.43. The maximum absolute atomic E-state index is 11.6. The van der Waals surface area contributed by atoms with Gasteiger partial charge in [-0.3, -0.25) is 0 Å². The molecule has 80 valence electrons. The minimum atomic E-state index is -3.04. The molecule has 0 saturated heterocycles. The van der Waals surface area contributed by atoms with Gasteiger partial charge < -0.3 is 5.73 Å². The molecular weight excluding hydrogens is 188 g/mol. The van der Waals surface area contributed by atoms with E-state index >= 15 is 0 Å². The molecule has 0 amide bonds. The molecule has 0 bridgehead atoms. The van der Waals surface area contributed by atoms with Crippen LogP contribution in [0.4, 0.5) is 0 Å². The Balaban J connectivity index is 4.21. The lowest BCUT2D eigenvalue weighted by molar-refractivity contribution is 0.426. The van der Waals surface area contributed by atoms with E-state index < -0.39 is 10.0 Å². The Kier molecular flexibility index (Phi) is 6.28. The second-order valence-corrected chi connectivity index (χ2v) is 5.04. The van der Waals surface area contributed by atoms with Crippen LogP contribution < -0.4 is 5.73 Å². The van der Waals surface area contributed by atoms with Crippen LogP contribution in [-0.4, -0.2) is 38.1 Å². The number of rotatable bonds is 7. The largest absolute Gasteiger partial charge is 0.330 e. The molecule has 13 heavy (non-hydrogen) atoms. The molecule has 0 aromatic rings. The van der Waals surface area contributed by atoms with Gasteiger partial charge in [-0.25, -0.2) is 12.7 Å². The van der Waals surface area contributed by atoms with Gasteiger partial charge in [0, 0.05) is 13.1 Å². The molecule has 0 fully saturated rings. The third-order valence-corrected chi connectivity index (χ3v) is 3.86. The van der Waals surface area contributed by atoms with E-state index in [1.807, 2.05) is 13.8 Å². The van der Waals surface area contributed by atoms with Crippen molar-refractivity contribution in [2.45, 2.75) is 26.7 Å². The number of nitrogens with zero attached hydrogens (tertiary/aromatic N) is 1. The molecule has 0 aliphatic rings. The van der Waals surface area contributed by atoms with Gasteiger partial charge >= 0.3 is 0 Å². The summed E-state index contributed by atoms with van der Waals surface area (Å²) < 4.78 is 24.7. The van der Waals surface area contributed by atoms with Crippen molar-refractivity contribution in [3.05, 3.63) is 0 Å². The second kappa shape index (κ2) is 6.34. The summed E-state index contributed by atoms with van der Waals surface area (Å²) in [5, 5.41) is 0. The fraction of sp³-hybridized carbons (Fsp3) is 1.00. The highest BCUT2D eigenvalue weighted by Crippen LogP contribution is 2.03. The van der Waals surface area contributed by atoms with Crippen LogP contribution in [0.1, 0.15) is 26.7 Å². The number of hydrogen-bond donors (Lipinski definition) is 1. The molecule has 0 unspecified atom stereocenters. The van der Waals surface area contributed by atoms with Gasteiger partial charge in [0.2, 0.25) is 10.0 Å². The predicted octanol–water partition coefficient (Wildman–Crippen LogP) is 0.397. The van der Waals surface area contributed by atoms with Crippen LogP contribution in [0.15, 0.2) is 0 Å². The Morgan fingerprint density at radius 3 is 2.31 bits per heavy atom. The maximum atomic E-state index is 11.6. The first-order valence-electron chi connectivity index (χ1n) is 4.76. The van der Waals surface area contributed by atoms with Gasteiger partial charge in [-0.1, -0.05) is 13.8 Å². The molecule has 0 spiro atoms. The molecule has 0 radical (unpaired) electrons. The molecule has 0 heterocycles. The van der Waals surface area contributed by atoms with Crippen molar-refractivity contribution in [2.24, 2.45) is 5.73 Å². The van der Waals surface area contributed by atoms with Gasteiger partial charge in [0.05, 0.1) is 5.75 Å². The fourth-order valence-corrected chi connectivity index (χ4v) is 2.78. The summed E-state index contributed by atoms with van der Waals surface area (Å²) >= 11 is 0. The van der Waals surface area contributed by atoms with Gasteiger partial charge in [-0.15, -0.1) is 0 Å². The monoisotopic (exact) mass is 208 g/mol. The Labute approximate surface area is 81.2 Å². The first-order valence-corrected chi connectivity index (χ1v) is 6.37. The second-order valence-electron chi connectivity index (χ2n) is 2.95. The highest BCUT2D eigenvalue weighted by molar-refractivity contribution is 7.89. The summed E-state index contributed by atoms with van der Waals surface area (Å²) in [6, 6.07) is 0. The van der Waals surface area contributed by atoms with Crippen LogP contribution in [0.3, 0.4) is 0 Å². The van der Waals surface area contributed by atoms with Gasteiger partial charge in [0.15, 0.2) is 0 Å². The summed E-state index contributed by atoms with van der Waals surface area (Å²) in [4.78, 5) is 0. The summed E-state index contributed by atoms with van der Waals surface area (Å²) in [5.74, 6) is 0.178. The topological polar surface area (TPSA) is 63.4 Å². The van der Waals surface area contributed by atoms with E-state index in [1.165, 1.54) is 4.31 Å². The summed E-state index contributed by atoms with van der Waals surface area (Å²) in [6.07, 6.45) is 1.40. The zero-order valence-electron chi connectivity index (χ0n) is 8.49. The average molecular weight is 208 g/mol. The number of nitrogens with two attached hydrogens (primary N) is 1. The van der Waals surface area contributed by atoms with E-state index in [2.05, 4.69) is 0 Å². The van der Waals surface area contributed by atoms with Crippen LogP contribution in [0, 0.1) is 0 Å². The van der Waals surface area contributed by atoms with Crippen LogP contribution in [-0.2, 0) is 10.0 Å². The quantitative estimate of drug-likeness (QED) is 0.658. The van der Waals surface area contributed by atoms with Crippen molar-refractivity contribution in [3.8, 4) is 0 Å². The fourth-order valence-electron chi connectivity index (χ4n) is 1.14. The third-order valence-electron chi connectivity index (χ3n) is 1.83. The minimum Gasteiger partial charge on any atom is -0.330 e.